The van der Waals surface area contributed by atoms with Crippen LogP contribution in [0, 0.1) is 5.41 Å². The van der Waals surface area contributed by atoms with E-state index in [1.165, 1.54) is 17.1 Å². The average Bonchev–Trinajstić information content (AvgIpc) is 3.18. The highest BCUT2D eigenvalue weighted by molar-refractivity contribution is 8.24. The molecule has 0 saturated heterocycles. The fraction of sp³-hybridized carbons (Fsp3) is 0.286. The van der Waals surface area contributed by atoms with E-state index >= 15 is 0 Å². The summed E-state index contributed by atoms with van der Waals surface area (Å²) in [6.07, 6.45) is 2.28. The van der Waals surface area contributed by atoms with Gasteiger partial charge >= 0.3 is 0 Å². The number of nitrogens with zero attached hydrogens (tertiary/aromatic N) is 2. The van der Waals surface area contributed by atoms with Crippen molar-refractivity contribution in [2.75, 3.05) is 7.11 Å². The van der Waals surface area contributed by atoms with Gasteiger partial charge in [0.05, 0.1) is 12.9 Å². The summed E-state index contributed by atoms with van der Waals surface area (Å²) in [5, 5.41) is 7.14. The minimum absolute atomic E-state index is 0. The van der Waals surface area contributed by atoms with Crippen LogP contribution in [-0.4, -0.2) is 25.4 Å². The predicted octanol–water partition coefficient (Wildman–Crippen LogP) is 8.14. The maximum Gasteiger partial charge on any atom is 0.251 e. The number of ether oxygens (including phenoxy) is 1. The van der Waals surface area contributed by atoms with Crippen molar-refractivity contribution in [2.24, 2.45) is 5.73 Å². The van der Waals surface area contributed by atoms with E-state index in [9.17, 15) is 0 Å². The van der Waals surface area contributed by atoms with Crippen LogP contribution >= 0.6 is 92.0 Å². The third kappa shape index (κ3) is 15.4. The van der Waals surface area contributed by atoms with Crippen molar-refractivity contribution in [3.63, 3.8) is 0 Å². The van der Waals surface area contributed by atoms with Crippen molar-refractivity contribution in [3.8, 4) is 5.75 Å². The fourth-order valence-electron chi connectivity index (χ4n) is 2.45. The Labute approximate surface area is 239 Å². The lowest BCUT2D eigenvalue weighted by atomic mass is 10.1. The Kier molecular flexibility index (Phi) is 17.4. The Morgan fingerprint density at radius 2 is 1.71 bits per heavy atom. The third-order valence-corrected chi connectivity index (χ3v) is 6.93. The van der Waals surface area contributed by atoms with E-state index in [4.69, 9.17) is 73.0 Å². The molecule has 0 aliphatic heterocycles. The predicted molar refractivity (Wildman–Crippen MR) is 153 cm³/mol. The molecular formula is C21H24Cl6N4OS2. The normalized spacial score (nSPS) is 10.1. The zero-order valence-corrected chi connectivity index (χ0v) is 24.5. The molecule has 1 heterocycles. The second-order valence-electron chi connectivity index (χ2n) is 6.39. The van der Waals surface area contributed by atoms with Crippen molar-refractivity contribution in [1.82, 2.24) is 9.36 Å². The summed E-state index contributed by atoms with van der Waals surface area (Å²) in [6, 6.07) is 16.0. The molecule has 0 amide bonds. The molecule has 0 aliphatic carbocycles. The number of alkyl halides is 3. The zero-order valence-electron chi connectivity index (χ0n) is 18.2. The number of amidine groups is 1. The maximum atomic E-state index is 7.14. The van der Waals surface area contributed by atoms with Crippen molar-refractivity contribution >= 4 is 97.8 Å². The summed E-state index contributed by atoms with van der Waals surface area (Å²) in [7, 11) is 7.30. The van der Waals surface area contributed by atoms with E-state index in [1.807, 2.05) is 36.4 Å². The van der Waals surface area contributed by atoms with Crippen molar-refractivity contribution in [3.05, 3.63) is 75.5 Å². The molecular weight excluding hydrogens is 601 g/mol. The van der Waals surface area contributed by atoms with E-state index in [0.717, 1.165) is 29.1 Å². The molecule has 0 fully saturated rings. The first-order valence-electron chi connectivity index (χ1n) is 9.44. The second kappa shape index (κ2) is 17.7. The van der Waals surface area contributed by atoms with E-state index in [0.29, 0.717) is 28.3 Å². The van der Waals surface area contributed by atoms with Crippen LogP contribution in [0.3, 0.4) is 0 Å². The highest BCUT2D eigenvalue weighted by Gasteiger charge is 2.17. The number of nitrogens with one attached hydrogen (secondary N) is 1. The van der Waals surface area contributed by atoms with Crippen LogP contribution in [-0.2, 0) is 19.3 Å². The number of rotatable bonds is 6. The standard InChI is InChI=1S/C10H9ClN2OS.C10H14N2.CCl4S.ClH/c1-14-8-4-2-3-7(5-8)6-9-12-10(11)15-13-9;1-2-8-4-3-5-9(6-8)7-10(11)12;2-1(3,4)6-5;/h2-5H,6H2,1H3;3-6H,2,7H2,1H3,(H3,11,12);;1H. The van der Waals surface area contributed by atoms with Crippen LogP contribution < -0.4 is 10.5 Å². The van der Waals surface area contributed by atoms with Gasteiger partial charge in [-0.05, 0) is 69.1 Å². The summed E-state index contributed by atoms with van der Waals surface area (Å²) in [5.41, 5.74) is 8.84. The Bertz CT molecular complexity index is 1000. The number of aromatic nitrogens is 2. The van der Waals surface area contributed by atoms with Gasteiger partial charge in [-0.25, -0.2) is 4.98 Å². The van der Waals surface area contributed by atoms with Crippen LogP contribution in [0.4, 0.5) is 0 Å². The zero-order chi connectivity index (χ0) is 24.9. The molecule has 3 aromatic rings. The number of benzene rings is 2. The molecule has 1 aromatic heterocycles. The second-order valence-corrected chi connectivity index (χ2v) is 11.9. The number of nitrogens with two attached hydrogens (primary N) is 1. The number of methoxy groups -OCH3 is 1. The van der Waals surface area contributed by atoms with Crippen LogP contribution in [0.5, 0.6) is 5.75 Å². The highest BCUT2D eigenvalue weighted by Crippen LogP contribution is 2.40. The van der Waals surface area contributed by atoms with Gasteiger partial charge in [-0.15, -0.1) is 12.4 Å². The van der Waals surface area contributed by atoms with E-state index in [1.54, 1.807) is 7.11 Å². The number of hydrogen-bond donors (Lipinski definition) is 2. The summed E-state index contributed by atoms with van der Waals surface area (Å²) < 4.78 is 8.38. The molecule has 0 saturated carbocycles. The molecule has 0 bridgehead atoms. The lowest BCUT2D eigenvalue weighted by Gasteiger charge is -2.01. The molecule has 0 atom stereocenters. The summed E-state index contributed by atoms with van der Waals surface area (Å²) in [6.45, 7) is 2.12. The smallest absolute Gasteiger partial charge is 0.251 e. The van der Waals surface area contributed by atoms with Gasteiger partial charge in [0.15, 0.2) is 0 Å². The van der Waals surface area contributed by atoms with Gasteiger partial charge in [-0.2, -0.15) is 4.37 Å². The van der Waals surface area contributed by atoms with E-state index in [-0.39, 0.29) is 18.2 Å². The van der Waals surface area contributed by atoms with Gasteiger partial charge in [0.25, 0.3) is 3.12 Å². The van der Waals surface area contributed by atoms with Gasteiger partial charge < -0.3 is 10.5 Å². The van der Waals surface area contributed by atoms with Crippen molar-refractivity contribution in [2.45, 2.75) is 29.3 Å². The number of halogens is 6. The van der Waals surface area contributed by atoms with Gasteiger partial charge in [0, 0.05) is 23.8 Å². The molecule has 2 aromatic carbocycles. The molecule has 188 valence electrons. The first-order chi connectivity index (χ1) is 15.6. The van der Waals surface area contributed by atoms with Crippen molar-refractivity contribution in [1.29, 1.82) is 5.41 Å². The van der Waals surface area contributed by atoms with Crippen LogP contribution in [0.2, 0.25) is 4.47 Å². The van der Waals surface area contributed by atoms with E-state index in [2.05, 4.69) is 28.4 Å². The molecule has 13 heteroatoms. The number of hydrogen-bond acceptors (Lipinski definition) is 6. The highest BCUT2D eigenvalue weighted by atomic mass is 35.7. The Balaban J connectivity index is 0.000000517. The van der Waals surface area contributed by atoms with Gasteiger partial charge in [0.2, 0.25) is 4.47 Å². The summed E-state index contributed by atoms with van der Waals surface area (Å²) in [5.74, 6) is 1.82. The number of aryl methyl sites for hydroxylation is 1. The van der Waals surface area contributed by atoms with Gasteiger partial charge in [0.1, 0.15) is 11.6 Å². The maximum absolute atomic E-state index is 7.14. The lowest BCUT2D eigenvalue weighted by molar-refractivity contribution is 0.414. The summed E-state index contributed by atoms with van der Waals surface area (Å²) >= 11 is 22.2. The monoisotopic (exact) mass is 622 g/mol. The first kappa shape index (κ1) is 33.4. The Morgan fingerprint density at radius 1 is 1.12 bits per heavy atom. The largest absolute Gasteiger partial charge is 0.497 e. The van der Waals surface area contributed by atoms with Crippen LogP contribution in [0.15, 0.2) is 48.5 Å². The van der Waals surface area contributed by atoms with Gasteiger partial charge in [-0.1, -0.05) is 78.1 Å². The molecule has 5 nitrogen and oxygen atoms in total. The minimum atomic E-state index is -1.36. The molecule has 0 spiro atoms. The fourth-order valence-corrected chi connectivity index (χ4v) is 3.08. The van der Waals surface area contributed by atoms with Crippen LogP contribution in [0.1, 0.15) is 29.4 Å². The van der Waals surface area contributed by atoms with Crippen LogP contribution in [0.25, 0.3) is 0 Å². The molecule has 0 unspecified atom stereocenters. The topological polar surface area (TPSA) is 84.9 Å². The molecule has 34 heavy (non-hydrogen) atoms. The molecule has 0 aliphatic rings. The first-order valence-corrected chi connectivity index (χ1v) is 13.4. The van der Waals surface area contributed by atoms with Gasteiger partial charge in [-0.3, -0.25) is 5.41 Å². The van der Waals surface area contributed by atoms with E-state index < -0.39 is 3.12 Å². The summed E-state index contributed by atoms with van der Waals surface area (Å²) in [4.78, 5) is 4.09. The molecule has 3 rings (SSSR count). The van der Waals surface area contributed by atoms with Crippen molar-refractivity contribution < 1.29 is 4.74 Å². The molecule has 3 N–H and O–H groups in total. The quantitative estimate of drug-likeness (QED) is 0.164. The third-order valence-electron chi connectivity index (χ3n) is 3.82. The Morgan fingerprint density at radius 3 is 2.21 bits per heavy atom. The average molecular weight is 625 g/mol. The lowest BCUT2D eigenvalue weighted by Crippen LogP contribution is -2.12. The molecule has 0 radical (unpaired) electrons. The minimum Gasteiger partial charge on any atom is -0.497 e. The SMILES string of the molecule is CCc1cccc(CC(=N)N)c1.COc1cccc(Cc2nsc(Cl)n2)c1.Cl.ClSC(Cl)(Cl)Cl. The Hall–Kier alpha value is -0.640.